The Labute approximate surface area is 108 Å². The van der Waals surface area contributed by atoms with Crippen molar-refractivity contribution in [2.24, 2.45) is 0 Å². The molecule has 0 atom stereocenters. The molecule has 1 aliphatic carbocycles. The molecule has 104 valence electrons. The van der Waals surface area contributed by atoms with Gasteiger partial charge in [0.25, 0.3) is 0 Å². The molecule has 0 spiro atoms. The largest absolute Gasteiger partial charge is 0.480 e. The Bertz CT molecular complexity index is 278. The monoisotopic (exact) mass is 257 g/mol. The molecule has 1 aliphatic rings. The SMILES string of the molecule is CNCCCNC(=O)N(CC(=O)O)C1CCCC1. The Hall–Kier alpha value is -1.30. The number of aliphatic carboxylic acids is 1. The summed E-state index contributed by atoms with van der Waals surface area (Å²) in [7, 11) is 1.86. The maximum Gasteiger partial charge on any atom is 0.323 e. The minimum absolute atomic E-state index is 0.0883. The van der Waals surface area contributed by atoms with Crippen LogP contribution >= 0.6 is 0 Å². The third kappa shape index (κ3) is 4.91. The number of urea groups is 1. The second kappa shape index (κ2) is 7.92. The normalized spacial score (nSPS) is 15.6. The van der Waals surface area contributed by atoms with Crippen molar-refractivity contribution in [1.29, 1.82) is 0 Å². The zero-order chi connectivity index (χ0) is 13.4. The van der Waals surface area contributed by atoms with Gasteiger partial charge in [-0.25, -0.2) is 4.79 Å². The molecule has 1 fully saturated rings. The zero-order valence-corrected chi connectivity index (χ0v) is 10.9. The van der Waals surface area contributed by atoms with Crippen LogP contribution in [0.2, 0.25) is 0 Å². The Balaban J connectivity index is 2.42. The van der Waals surface area contributed by atoms with E-state index in [1.165, 1.54) is 4.90 Å². The van der Waals surface area contributed by atoms with Gasteiger partial charge in [-0.2, -0.15) is 0 Å². The van der Waals surface area contributed by atoms with E-state index < -0.39 is 5.97 Å². The van der Waals surface area contributed by atoms with Crippen molar-refractivity contribution in [3.05, 3.63) is 0 Å². The minimum Gasteiger partial charge on any atom is -0.480 e. The van der Waals surface area contributed by atoms with E-state index in [0.717, 1.165) is 38.6 Å². The molecule has 6 nitrogen and oxygen atoms in total. The lowest BCUT2D eigenvalue weighted by Crippen LogP contribution is -2.48. The van der Waals surface area contributed by atoms with Crippen LogP contribution in [0.25, 0.3) is 0 Å². The summed E-state index contributed by atoms with van der Waals surface area (Å²) in [5.74, 6) is -0.952. The Morgan fingerprint density at radius 2 is 1.94 bits per heavy atom. The number of hydrogen-bond acceptors (Lipinski definition) is 3. The first kappa shape index (κ1) is 14.8. The highest BCUT2D eigenvalue weighted by atomic mass is 16.4. The molecule has 0 heterocycles. The summed E-state index contributed by atoms with van der Waals surface area (Å²) in [6.07, 6.45) is 4.82. The van der Waals surface area contributed by atoms with Crippen molar-refractivity contribution in [2.45, 2.75) is 38.1 Å². The summed E-state index contributed by atoms with van der Waals surface area (Å²) in [5.41, 5.74) is 0. The summed E-state index contributed by atoms with van der Waals surface area (Å²) in [6.45, 7) is 1.20. The van der Waals surface area contributed by atoms with Gasteiger partial charge in [0.05, 0.1) is 0 Å². The first-order chi connectivity index (χ1) is 8.65. The van der Waals surface area contributed by atoms with Crippen LogP contribution in [0.15, 0.2) is 0 Å². The second-order valence-corrected chi connectivity index (χ2v) is 4.65. The number of rotatable bonds is 7. The van der Waals surface area contributed by atoms with E-state index in [1.54, 1.807) is 0 Å². The maximum absolute atomic E-state index is 12.0. The molecule has 0 aromatic heterocycles. The van der Waals surface area contributed by atoms with Gasteiger partial charge in [-0.1, -0.05) is 12.8 Å². The van der Waals surface area contributed by atoms with Gasteiger partial charge in [0, 0.05) is 12.6 Å². The van der Waals surface area contributed by atoms with Crippen molar-refractivity contribution in [3.63, 3.8) is 0 Å². The van der Waals surface area contributed by atoms with Gasteiger partial charge in [-0.05, 0) is 32.9 Å². The molecule has 2 amide bonds. The van der Waals surface area contributed by atoms with Gasteiger partial charge >= 0.3 is 12.0 Å². The van der Waals surface area contributed by atoms with Gasteiger partial charge < -0.3 is 20.6 Å². The highest BCUT2D eigenvalue weighted by Gasteiger charge is 2.27. The van der Waals surface area contributed by atoms with Crippen LogP contribution < -0.4 is 10.6 Å². The van der Waals surface area contributed by atoms with Crippen molar-refractivity contribution in [1.82, 2.24) is 15.5 Å². The van der Waals surface area contributed by atoms with Crippen molar-refractivity contribution < 1.29 is 14.7 Å². The number of carbonyl (C=O) groups excluding carboxylic acids is 1. The molecule has 0 aliphatic heterocycles. The van der Waals surface area contributed by atoms with Crippen LogP contribution in [-0.4, -0.2) is 54.7 Å². The average molecular weight is 257 g/mol. The number of hydrogen-bond donors (Lipinski definition) is 3. The lowest BCUT2D eigenvalue weighted by molar-refractivity contribution is -0.138. The minimum atomic E-state index is -0.952. The quantitative estimate of drug-likeness (QED) is 0.584. The van der Waals surface area contributed by atoms with E-state index in [9.17, 15) is 9.59 Å². The fourth-order valence-electron chi connectivity index (χ4n) is 2.29. The molecule has 0 radical (unpaired) electrons. The summed E-state index contributed by atoms with van der Waals surface area (Å²) >= 11 is 0. The molecule has 0 bridgehead atoms. The van der Waals surface area contributed by atoms with Crippen molar-refractivity contribution >= 4 is 12.0 Å². The van der Waals surface area contributed by atoms with E-state index in [0.29, 0.717) is 6.54 Å². The summed E-state index contributed by atoms with van der Waals surface area (Å²) in [4.78, 5) is 24.2. The molecule has 3 N–H and O–H groups in total. The molecule has 0 saturated heterocycles. The Morgan fingerprint density at radius 3 is 2.50 bits per heavy atom. The highest BCUT2D eigenvalue weighted by Crippen LogP contribution is 2.23. The summed E-state index contributed by atoms with van der Waals surface area (Å²) in [6, 6.07) is -0.161. The summed E-state index contributed by atoms with van der Waals surface area (Å²) < 4.78 is 0. The van der Waals surface area contributed by atoms with E-state index in [1.807, 2.05) is 7.05 Å². The van der Waals surface area contributed by atoms with E-state index in [4.69, 9.17) is 5.11 Å². The molecule has 1 saturated carbocycles. The Morgan fingerprint density at radius 1 is 1.28 bits per heavy atom. The zero-order valence-electron chi connectivity index (χ0n) is 10.9. The van der Waals surface area contributed by atoms with Gasteiger partial charge in [0.1, 0.15) is 6.54 Å². The predicted octanol–water partition coefficient (Wildman–Crippen LogP) is 0.635. The number of carboxylic acid groups (broad SMARTS) is 1. The third-order valence-corrected chi connectivity index (χ3v) is 3.21. The molecule has 18 heavy (non-hydrogen) atoms. The number of carboxylic acids is 1. The Kier molecular flexibility index (Phi) is 6.49. The van der Waals surface area contributed by atoms with Crippen molar-refractivity contribution in [3.8, 4) is 0 Å². The maximum atomic E-state index is 12.0. The van der Waals surface area contributed by atoms with Crippen LogP contribution in [0.3, 0.4) is 0 Å². The first-order valence-corrected chi connectivity index (χ1v) is 6.56. The smallest absolute Gasteiger partial charge is 0.323 e. The molecule has 0 aromatic rings. The molecule has 1 rings (SSSR count). The molecule has 6 heteroatoms. The third-order valence-electron chi connectivity index (χ3n) is 3.21. The van der Waals surface area contributed by atoms with Gasteiger partial charge in [-0.3, -0.25) is 4.79 Å². The molecule has 0 aromatic carbocycles. The van der Waals surface area contributed by atoms with E-state index >= 15 is 0 Å². The van der Waals surface area contributed by atoms with Gasteiger partial charge in [-0.15, -0.1) is 0 Å². The molecular formula is C12H23N3O3. The second-order valence-electron chi connectivity index (χ2n) is 4.65. The molecular weight excluding hydrogens is 234 g/mol. The lowest BCUT2D eigenvalue weighted by atomic mass is 10.2. The fraction of sp³-hybridized carbons (Fsp3) is 0.833. The van der Waals surface area contributed by atoms with Crippen LogP contribution in [-0.2, 0) is 4.79 Å². The number of carbonyl (C=O) groups is 2. The van der Waals surface area contributed by atoms with E-state index in [2.05, 4.69) is 10.6 Å². The van der Waals surface area contributed by atoms with E-state index in [-0.39, 0.29) is 18.6 Å². The fourth-order valence-corrected chi connectivity index (χ4v) is 2.29. The topological polar surface area (TPSA) is 81.7 Å². The average Bonchev–Trinajstić information content (AvgIpc) is 2.84. The number of nitrogens with one attached hydrogen (secondary N) is 2. The van der Waals surface area contributed by atoms with Crippen LogP contribution in [0, 0.1) is 0 Å². The van der Waals surface area contributed by atoms with Crippen molar-refractivity contribution in [2.75, 3.05) is 26.7 Å². The standard InChI is InChI=1S/C12H23N3O3/c1-13-7-4-8-14-12(18)15(9-11(16)17)10-5-2-3-6-10/h10,13H,2-9H2,1H3,(H,14,18)(H,16,17). The number of nitrogens with zero attached hydrogens (tertiary/aromatic N) is 1. The first-order valence-electron chi connectivity index (χ1n) is 6.56. The summed E-state index contributed by atoms with van der Waals surface area (Å²) in [5, 5.41) is 14.7. The van der Waals surface area contributed by atoms with Crippen LogP contribution in [0.5, 0.6) is 0 Å². The number of amides is 2. The lowest BCUT2D eigenvalue weighted by Gasteiger charge is -2.27. The molecule has 0 unspecified atom stereocenters. The van der Waals surface area contributed by atoms with Gasteiger partial charge in [0.15, 0.2) is 0 Å². The van der Waals surface area contributed by atoms with Crippen LogP contribution in [0.1, 0.15) is 32.1 Å². The van der Waals surface area contributed by atoms with Gasteiger partial charge in [0.2, 0.25) is 0 Å². The van der Waals surface area contributed by atoms with Crippen LogP contribution in [0.4, 0.5) is 4.79 Å². The predicted molar refractivity (Wildman–Crippen MR) is 68.5 cm³/mol. The highest BCUT2D eigenvalue weighted by molar-refractivity contribution is 5.80.